The van der Waals surface area contributed by atoms with Crippen LogP contribution < -0.4 is 19.7 Å². The Morgan fingerprint density at radius 2 is 1.82 bits per heavy atom. The second-order valence-electron chi connectivity index (χ2n) is 9.97. The molecule has 0 unspecified atom stereocenters. The van der Waals surface area contributed by atoms with Gasteiger partial charge in [-0.15, -0.1) is 5.10 Å². The van der Waals surface area contributed by atoms with Crippen molar-refractivity contribution in [1.82, 2.24) is 20.3 Å². The highest BCUT2D eigenvalue weighted by molar-refractivity contribution is 6.02. The van der Waals surface area contributed by atoms with E-state index in [2.05, 4.69) is 15.6 Å². The van der Waals surface area contributed by atoms with E-state index in [0.717, 1.165) is 29.5 Å². The Hall–Kier alpha value is -4.44. The van der Waals surface area contributed by atoms with E-state index in [0.29, 0.717) is 49.1 Å². The second kappa shape index (κ2) is 11.4. The van der Waals surface area contributed by atoms with Crippen LogP contribution in [0, 0.1) is 6.92 Å². The maximum Gasteiger partial charge on any atom is 0.249 e. The molecule has 4 aromatic rings. The summed E-state index contributed by atoms with van der Waals surface area (Å²) in [4.78, 5) is 29.8. The number of anilines is 1. The molecule has 40 heavy (non-hydrogen) atoms. The molecule has 2 aliphatic rings. The van der Waals surface area contributed by atoms with Crippen molar-refractivity contribution < 1.29 is 23.8 Å². The Morgan fingerprint density at radius 3 is 2.65 bits per heavy atom. The van der Waals surface area contributed by atoms with E-state index in [9.17, 15) is 9.59 Å². The quantitative estimate of drug-likeness (QED) is 0.363. The molecule has 1 aromatic heterocycles. The summed E-state index contributed by atoms with van der Waals surface area (Å²) in [5.74, 6) is 0.500. The van der Waals surface area contributed by atoms with Crippen molar-refractivity contribution in [2.75, 3.05) is 31.3 Å². The predicted molar refractivity (Wildman–Crippen MR) is 148 cm³/mol. The van der Waals surface area contributed by atoms with Gasteiger partial charge < -0.3 is 19.5 Å². The number of carbonyl (C=O) groups excluding carboxylic acids is 2. The number of aromatic nitrogens is 3. The number of amides is 2. The summed E-state index contributed by atoms with van der Waals surface area (Å²) in [6.07, 6.45) is 1.82. The molecule has 206 valence electrons. The number of benzene rings is 3. The summed E-state index contributed by atoms with van der Waals surface area (Å²) in [5, 5.41) is 11.5. The molecule has 1 saturated heterocycles. The van der Waals surface area contributed by atoms with Gasteiger partial charge in [0.2, 0.25) is 11.8 Å². The first kappa shape index (κ1) is 25.8. The average Bonchev–Trinajstić information content (AvgIpc) is 3.65. The number of nitrogens with zero attached hydrogens (tertiary/aromatic N) is 4. The lowest BCUT2D eigenvalue weighted by molar-refractivity contribution is -0.127. The molecule has 0 radical (unpaired) electrons. The number of nitrogens with one attached hydrogen (secondary N) is 1. The fourth-order valence-corrected chi connectivity index (χ4v) is 5.26. The fourth-order valence-electron chi connectivity index (χ4n) is 5.26. The van der Waals surface area contributed by atoms with Crippen LogP contribution in [0.5, 0.6) is 11.5 Å². The maximum atomic E-state index is 14.3. The smallest absolute Gasteiger partial charge is 0.249 e. The highest BCUT2D eigenvalue weighted by Gasteiger charge is 2.35. The number of hydrogen-bond acceptors (Lipinski definition) is 7. The number of aryl methyl sites for hydroxylation is 1. The van der Waals surface area contributed by atoms with Crippen LogP contribution in [0.15, 0.2) is 66.7 Å². The number of hydrogen-bond donors (Lipinski definition) is 1. The molecule has 0 saturated carbocycles. The van der Waals surface area contributed by atoms with E-state index in [1.54, 1.807) is 22.9 Å². The third kappa shape index (κ3) is 5.22. The van der Waals surface area contributed by atoms with Gasteiger partial charge in [0.05, 0.1) is 11.6 Å². The first-order valence-corrected chi connectivity index (χ1v) is 13.5. The topological polar surface area (TPSA) is 108 Å². The van der Waals surface area contributed by atoms with E-state index < -0.39 is 6.04 Å². The molecule has 3 aromatic carbocycles. The minimum Gasteiger partial charge on any atom is -0.486 e. The second-order valence-corrected chi connectivity index (χ2v) is 9.97. The number of para-hydroxylation sites is 1. The molecule has 2 aliphatic heterocycles. The van der Waals surface area contributed by atoms with Crippen LogP contribution in [0.25, 0.3) is 11.0 Å². The number of rotatable bonds is 8. The highest BCUT2D eigenvalue weighted by atomic mass is 16.6. The zero-order valence-corrected chi connectivity index (χ0v) is 22.3. The van der Waals surface area contributed by atoms with E-state index in [1.165, 1.54) is 4.90 Å². The van der Waals surface area contributed by atoms with Gasteiger partial charge in [0.25, 0.3) is 0 Å². The summed E-state index contributed by atoms with van der Waals surface area (Å²) in [6, 6.07) is 19.4. The molecule has 1 N–H and O–H groups in total. The van der Waals surface area contributed by atoms with Crippen molar-refractivity contribution >= 4 is 28.5 Å². The Labute approximate surface area is 231 Å². The van der Waals surface area contributed by atoms with Crippen LogP contribution in [0.1, 0.15) is 30.0 Å². The van der Waals surface area contributed by atoms with Gasteiger partial charge in [-0.2, -0.15) is 0 Å². The van der Waals surface area contributed by atoms with Crippen molar-refractivity contribution in [1.29, 1.82) is 0 Å². The van der Waals surface area contributed by atoms with E-state index in [1.807, 2.05) is 55.5 Å². The summed E-state index contributed by atoms with van der Waals surface area (Å²) in [6.45, 7) is 3.74. The molecule has 0 spiro atoms. The van der Waals surface area contributed by atoms with Gasteiger partial charge in [-0.1, -0.05) is 41.6 Å². The van der Waals surface area contributed by atoms with Gasteiger partial charge in [0.15, 0.2) is 11.5 Å². The monoisotopic (exact) mass is 541 g/mol. The number of carbonyl (C=O) groups is 2. The van der Waals surface area contributed by atoms with Crippen molar-refractivity contribution in [3.63, 3.8) is 0 Å². The van der Waals surface area contributed by atoms with Crippen LogP contribution in [0.4, 0.5) is 5.69 Å². The SMILES string of the molecule is Cc1ccccc1[C@@H](C(=O)NC[C@H]1CCCO1)N(C(=O)Cn1nnc2ccccc21)c1ccc2c(c1)OCCO2. The van der Waals surface area contributed by atoms with Crippen LogP contribution >= 0.6 is 0 Å². The van der Waals surface area contributed by atoms with Crippen molar-refractivity contribution in [3.8, 4) is 11.5 Å². The van der Waals surface area contributed by atoms with Gasteiger partial charge in [-0.05, 0) is 55.2 Å². The largest absolute Gasteiger partial charge is 0.486 e. The van der Waals surface area contributed by atoms with Crippen molar-refractivity contribution in [2.45, 2.75) is 38.5 Å². The average molecular weight is 542 g/mol. The van der Waals surface area contributed by atoms with Gasteiger partial charge >= 0.3 is 0 Å². The first-order valence-electron chi connectivity index (χ1n) is 13.5. The summed E-state index contributed by atoms with van der Waals surface area (Å²) >= 11 is 0. The first-order chi connectivity index (χ1) is 19.6. The molecular formula is C30H31N5O5. The molecule has 6 rings (SSSR count). The number of ether oxygens (including phenoxy) is 3. The third-order valence-electron chi connectivity index (χ3n) is 7.30. The predicted octanol–water partition coefficient (Wildman–Crippen LogP) is 3.58. The van der Waals surface area contributed by atoms with Crippen LogP contribution in [-0.2, 0) is 20.9 Å². The van der Waals surface area contributed by atoms with Gasteiger partial charge in [-0.3, -0.25) is 14.5 Å². The Balaban J connectivity index is 1.42. The zero-order chi connectivity index (χ0) is 27.5. The van der Waals surface area contributed by atoms with Crippen LogP contribution in [0.2, 0.25) is 0 Å². The molecule has 2 amide bonds. The molecule has 10 nitrogen and oxygen atoms in total. The molecule has 1 fully saturated rings. The third-order valence-corrected chi connectivity index (χ3v) is 7.30. The maximum absolute atomic E-state index is 14.3. The Bertz CT molecular complexity index is 1530. The number of fused-ring (bicyclic) bond motifs is 2. The molecule has 0 aliphatic carbocycles. The lowest BCUT2D eigenvalue weighted by Gasteiger charge is -2.33. The normalized spacial score (nSPS) is 17.0. The molecule has 2 atom stereocenters. The standard InChI is InChI=1S/C30H31N5O5/c1-20-7-2-3-9-23(20)29(30(37)31-18-22-8-6-14-38-22)35(21-12-13-26-27(17-21)40-16-15-39-26)28(36)19-34-25-11-5-4-10-24(25)32-33-34/h2-5,7,9-13,17,22,29H,6,8,14-16,18-19H2,1H3,(H,31,37)/t22-,29+/m1/s1. The lowest BCUT2D eigenvalue weighted by Crippen LogP contribution is -2.47. The van der Waals surface area contributed by atoms with Crippen molar-refractivity contribution in [2.24, 2.45) is 0 Å². The Kier molecular flexibility index (Phi) is 7.33. The molecule has 10 heteroatoms. The van der Waals surface area contributed by atoms with E-state index in [-0.39, 0.29) is 24.5 Å². The lowest BCUT2D eigenvalue weighted by atomic mass is 9.98. The van der Waals surface area contributed by atoms with Gasteiger partial charge in [0, 0.05) is 24.9 Å². The summed E-state index contributed by atoms with van der Waals surface area (Å²) in [7, 11) is 0. The van der Waals surface area contributed by atoms with Crippen LogP contribution in [0.3, 0.4) is 0 Å². The van der Waals surface area contributed by atoms with Crippen LogP contribution in [-0.4, -0.2) is 59.3 Å². The summed E-state index contributed by atoms with van der Waals surface area (Å²) in [5.41, 5.74) is 3.54. The van der Waals surface area contributed by atoms with E-state index in [4.69, 9.17) is 14.2 Å². The highest BCUT2D eigenvalue weighted by Crippen LogP contribution is 2.38. The minimum absolute atomic E-state index is 0.0403. The van der Waals surface area contributed by atoms with E-state index >= 15 is 0 Å². The molecule has 3 heterocycles. The molecular weight excluding hydrogens is 510 g/mol. The minimum atomic E-state index is -0.951. The summed E-state index contributed by atoms with van der Waals surface area (Å²) < 4.78 is 18.8. The van der Waals surface area contributed by atoms with Gasteiger partial charge in [-0.25, -0.2) is 4.68 Å². The fraction of sp³-hybridized carbons (Fsp3) is 0.333. The van der Waals surface area contributed by atoms with Gasteiger partial charge in [0.1, 0.15) is 31.3 Å². The zero-order valence-electron chi connectivity index (χ0n) is 22.3. The molecule has 0 bridgehead atoms. The Morgan fingerprint density at radius 1 is 1.02 bits per heavy atom. The van der Waals surface area contributed by atoms with Crippen molar-refractivity contribution in [3.05, 3.63) is 77.9 Å².